The third-order valence-corrected chi connectivity index (χ3v) is 2.60. The number of halogens is 1. The summed E-state index contributed by atoms with van der Waals surface area (Å²) in [5, 5.41) is 8.71. The monoisotopic (exact) mass is 237 g/mol. The van der Waals surface area contributed by atoms with E-state index in [0.29, 0.717) is 22.0 Å². The van der Waals surface area contributed by atoms with Crippen LogP contribution in [0.2, 0.25) is 0 Å². The molecule has 0 aliphatic carbocycles. The van der Waals surface area contributed by atoms with Crippen molar-refractivity contribution in [2.45, 2.75) is 13.3 Å². The largest absolute Gasteiger partial charge is 0.294 e. The lowest BCUT2D eigenvalue weighted by Crippen LogP contribution is -1.98. The fourth-order valence-electron chi connectivity index (χ4n) is 1.02. The summed E-state index contributed by atoms with van der Waals surface area (Å²) < 4.78 is 0.601. The summed E-state index contributed by atoms with van der Waals surface area (Å²) in [4.78, 5) is 11.4. The maximum Gasteiger partial charge on any atom is 0.163 e. The van der Waals surface area contributed by atoms with Gasteiger partial charge in [-0.25, -0.2) is 0 Å². The molecule has 0 unspecified atom stereocenters. The van der Waals surface area contributed by atoms with Crippen molar-refractivity contribution in [2.75, 3.05) is 0 Å². The highest BCUT2D eigenvalue weighted by atomic mass is 79.9. The maximum atomic E-state index is 11.4. The maximum absolute atomic E-state index is 11.4. The molecule has 0 amide bonds. The van der Waals surface area contributed by atoms with E-state index in [2.05, 4.69) is 15.9 Å². The van der Waals surface area contributed by atoms with Crippen molar-refractivity contribution < 1.29 is 4.79 Å². The van der Waals surface area contributed by atoms with Crippen LogP contribution in [0.4, 0.5) is 0 Å². The van der Waals surface area contributed by atoms with E-state index >= 15 is 0 Å². The second kappa shape index (κ2) is 4.20. The zero-order chi connectivity index (χ0) is 9.84. The number of rotatable bonds is 2. The van der Waals surface area contributed by atoms with Crippen LogP contribution >= 0.6 is 15.9 Å². The van der Waals surface area contributed by atoms with Crippen molar-refractivity contribution in [3.8, 4) is 6.07 Å². The first kappa shape index (κ1) is 9.94. The lowest BCUT2D eigenvalue weighted by Gasteiger charge is -2.02. The SMILES string of the molecule is CCC(=O)c1cccc(C#N)c1Br. The zero-order valence-electron chi connectivity index (χ0n) is 7.17. The highest BCUT2D eigenvalue weighted by Gasteiger charge is 2.10. The van der Waals surface area contributed by atoms with Gasteiger partial charge < -0.3 is 0 Å². The molecule has 0 saturated carbocycles. The minimum atomic E-state index is 0.0453. The molecule has 1 aromatic carbocycles. The zero-order valence-corrected chi connectivity index (χ0v) is 8.76. The van der Waals surface area contributed by atoms with Crippen LogP contribution in [0.25, 0.3) is 0 Å². The number of benzene rings is 1. The predicted molar refractivity (Wildman–Crippen MR) is 53.5 cm³/mol. The molecule has 0 heterocycles. The van der Waals surface area contributed by atoms with Gasteiger partial charge in [-0.3, -0.25) is 4.79 Å². The van der Waals surface area contributed by atoms with E-state index in [9.17, 15) is 4.79 Å². The van der Waals surface area contributed by atoms with Crippen molar-refractivity contribution in [3.05, 3.63) is 33.8 Å². The standard InChI is InChI=1S/C10H8BrNO/c1-2-9(13)8-5-3-4-7(6-12)10(8)11/h3-5H,2H2,1H3. The molecule has 13 heavy (non-hydrogen) atoms. The number of hydrogen-bond donors (Lipinski definition) is 0. The normalized spacial score (nSPS) is 9.31. The molecule has 3 heteroatoms. The minimum absolute atomic E-state index is 0.0453. The fourth-order valence-corrected chi connectivity index (χ4v) is 1.60. The van der Waals surface area contributed by atoms with Crippen LogP contribution in [0.1, 0.15) is 29.3 Å². The second-order valence-corrected chi connectivity index (χ2v) is 3.35. The van der Waals surface area contributed by atoms with E-state index < -0.39 is 0 Å². The van der Waals surface area contributed by atoms with Gasteiger partial charge in [-0.1, -0.05) is 19.1 Å². The van der Waals surface area contributed by atoms with Gasteiger partial charge in [0.05, 0.1) is 5.56 Å². The molecule has 0 spiro atoms. The minimum Gasteiger partial charge on any atom is -0.294 e. The summed E-state index contributed by atoms with van der Waals surface area (Å²) in [6.45, 7) is 1.80. The molecular weight excluding hydrogens is 230 g/mol. The average molecular weight is 238 g/mol. The third-order valence-electron chi connectivity index (χ3n) is 1.74. The summed E-state index contributed by atoms with van der Waals surface area (Å²) in [5.74, 6) is 0.0453. The van der Waals surface area contributed by atoms with Crippen LogP contribution in [0.3, 0.4) is 0 Å². The van der Waals surface area contributed by atoms with Gasteiger partial charge in [0.15, 0.2) is 5.78 Å². The van der Waals surface area contributed by atoms with E-state index in [-0.39, 0.29) is 5.78 Å². The first-order valence-electron chi connectivity index (χ1n) is 3.92. The van der Waals surface area contributed by atoms with Gasteiger partial charge in [-0.2, -0.15) is 5.26 Å². The van der Waals surface area contributed by atoms with Crippen LogP contribution in [-0.2, 0) is 0 Å². The summed E-state index contributed by atoms with van der Waals surface area (Å²) in [5.41, 5.74) is 1.08. The van der Waals surface area contributed by atoms with E-state index in [0.717, 1.165) is 0 Å². The number of Topliss-reactive ketones (excluding diaryl/α,β-unsaturated/α-hetero) is 1. The number of carbonyl (C=O) groups excluding carboxylic acids is 1. The van der Waals surface area contributed by atoms with Gasteiger partial charge in [0.1, 0.15) is 6.07 Å². The van der Waals surface area contributed by atoms with E-state index in [4.69, 9.17) is 5.26 Å². The van der Waals surface area contributed by atoms with Crippen LogP contribution in [-0.4, -0.2) is 5.78 Å². The molecule has 0 radical (unpaired) electrons. The number of nitrogens with zero attached hydrogens (tertiary/aromatic N) is 1. The summed E-state index contributed by atoms with van der Waals surface area (Å²) in [6.07, 6.45) is 0.452. The number of hydrogen-bond acceptors (Lipinski definition) is 2. The summed E-state index contributed by atoms with van der Waals surface area (Å²) in [7, 11) is 0. The quantitative estimate of drug-likeness (QED) is 0.743. The Kier molecular flexibility index (Phi) is 3.21. The third kappa shape index (κ3) is 1.96. The van der Waals surface area contributed by atoms with Gasteiger partial charge >= 0.3 is 0 Å². The Morgan fingerprint density at radius 2 is 2.31 bits per heavy atom. The Morgan fingerprint density at radius 1 is 1.62 bits per heavy atom. The topological polar surface area (TPSA) is 40.9 Å². The molecule has 2 nitrogen and oxygen atoms in total. The van der Waals surface area contributed by atoms with Gasteiger partial charge in [-0.05, 0) is 22.0 Å². The lowest BCUT2D eigenvalue weighted by atomic mass is 10.1. The highest BCUT2D eigenvalue weighted by molar-refractivity contribution is 9.10. The van der Waals surface area contributed by atoms with Crippen molar-refractivity contribution in [2.24, 2.45) is 0 Å². The van der Waals surface area contributed by atoms with E-state index in [1.54, 1.807) is 25.1 Å². The summed E-state index contributed by atoms with van der Waals surface area (Å²) >= 11 is 3.24. The molecule has 0 bridgehead atoms. The molecule has 0 atom stereocenters. The first-order valence-corrected chi connectivity index (χ1v) is 4.71. The van der Waals surface area contributed by atoms with Gasteiger partial charge in [0, 0.05) is 16.5 Å². The lowest BCUT2D eigenvalue weighted by molar-refractivity contribution is 0.0987. The molecule has 1 aromatic rings. The van der Waals surface area contributed by atoms with Crippen LogP contribution in [0.15, 0.2) is 22.7 Å². The Morgan fingerprint density at radius 3 is 2.85 bits per heavy atom. The Hall–Kier alpha value is -1.14. The first-order chi connectivity index (χ1) is 6.20. The van der Waals surface area contributed by atoms with Gasteiger partial charge in [-0.15, -0.1) is 0 Å². The highest BCUT2D eigenvalue weighted by Crippen LogP contribution is 2.22. The molecule has 1 rings (SSSR count). The van der Waals surface area contributed by atoms with Crippen molar-refractivity contribution >= 4 is 21.7 Å². The van der Waals surface area contributed by atoms with Crippen molar-refractivity contribution in [1.82, 2.24) is 0 Å². The smallest absolute Gasteiger partial charge is 0.163 e. The molecule has 0 aliphatic heterocycles. The molecule has 0 aliphatic rings. The summed E-state index contributed by atoms with van der Waals surface area (Å²) in [6, 6.07) is 7.13. The Balaban J connectivity index is 3.25. The van der Waals surface area contributed by atoms with Crippen LogP contribution in [0, 0.1) is 11.3 Å². The molecule has 0 N–H and O–H groups in total. The average Bonchev–Trinajstić information content (AvgIpc) is 2.17. The number of carbonyl (C=O) groups is 1. The fraction of sp³-hybridized carbons (Fsp3) is 0.200. The van der Waals surface area contributed by atoms with Gasteiger partial charge in [0.2, 0.25) is 0 Å². The van der Waals surface area contributed by atoms with Crippen LogP contribution < -0.4 is 0 Å². The van der Waals surface area contributed by atoms with E-state index in [1.807, 2.05) is 6.07 Å². The Bertz CT molecular complexity index is 379. The van der Waals surface area contributed by atoms with Crippen molar-refractivity contribution in [3.63, 3.8) is 0 Å². The Labute approximate surface area is 85.3 Å². The van der Waals surface area contributed by atoms with Crippen molar-refractivity contribution in [1.29, 1.82) is 5.26 Å². The predicted octanol–water partition coefficient (Wildman–Crippen LogP) is 2.91. The molecule has 0 fully saturated rings. The molecule has 0 aromatic heterocycles. The number of ketones is 1. The molecular formula is C10H8BrNO. The van der Waals surface area contributed by atoms with Crippen LogP contribution in [0.5, 0.6) is 0 Å². The second-order valence-electron chi connectivity index (χ2n) is 2.56. The van der Waals surface area contributed by atoms with Gasteiger partial charge in [0.25, 0.3) is 0 Å². The number of nitriles is 1. The molecule has 0 saturated heterocycles. The molecule has 66 valence electrons. The van der Waals surface area contributed by atoms with E-state index in [1.165, 1.54) is 0 Å².